The summed E-state index contributed by atoms with van der Waals surface area (Å²) in [6.45, 7) is 0. The number of rotatable bonds is 7. The molecule has 4 aliphatic carbocycles. The number of nitrogens with two attached hydrogens (primary N) is 3. The third-order valence-corrected chi connectivity index (χ3v) is 12.7. The number of hydrogen-bond acceptors (Lipinski definition) is 10. The maximum Gasteiger partial charge on any atom is 0.434 e. The standard InChI is InChI=1S/C18H17F3N2O.C18H20N4O.C16H15F3N4O/c19-18(20,21)14-4-7-16(8-5-14)23-17(24)13-2-1-12-10-15(22)6-3-11(12)9-13;19-15-6-5-12-7-14(4-3-13(12)8-15)18(23)22-16-9-20-17(21-10-16)11-1-2-11;17-16(18,19)13-7-22-14(8-21-13)23-15(24)11-2-1-10-6-12(20)4-3-9(10)5-11/h1-2,4-5,7-9,15H,3,6,10,22H2,(H,23,24);3-4,7,9-11,15H,1-2,5-6,8,19H2,(H,22,23);1-2,5,7-8,12H,3-4,6,20H2,(H,22,23,24). The van der Waals surface area contributed by atoms with Crippen molar-refractivity contribution in [2.24, 2.45) is 17.2 Å². The second-order valence-electron chi connectivity index (χ2n) is 18.3. The van der Waals surface area contributed by atoms with Gasteiger partial charge in [0.05, 0.1) is 36.0 Å². The van der Waals surface area contributed by atoms with Gasteiger partial charge in [-0.05, 0) is 165 Å². The summed E-state index contributed by atoms with van der Waals surface area (Å²) in [7, 11) is 0. The second-order valence-corrected chi connectivity index (χ2v) is 18.3. The molecule has 19 heteroatoms. The van der Waals surface area contributed by atoms with E-state index in [2.05, 4.69) is 35.9 Å². The summed E-state index contributed by atoms with van der Waals surface area (Å²) < 4.78 is 74.9. The van der Waals surface area contributed by atoms with Gasteiger partial charge in [-0.2, -0.15) is 26.3 Å². The summed E-state index contributed by atoms with van der Waals surface area (Å²) in [5, 5.41) is 7.94. The van der Waals surface area contributed by atoms with Crippen LogP contribution in [0.15, 0.2) is 104 Å². The molecule has 3 amide bonds. The number of fused-ring (bicyclic) bond motifs is 3. The third kappa shape index (κ3) is 13.4. The van der Waals surface area contributed by atoms with E-state index in [-0.39, 0.29) is 35.8 Å². The molecule has 3 atom stereocenters. The number of nitrogens with one attached hydrogen (secondary N) is 3. The normalized spacial score (nSPS) is 18.1. The molecule has 3 unspecified atom stereocenters. The summed E-state index contributed by atoms with van der Waals surface area (Å²) >= 11 is 0. The van der Waals surface area contributed by atoms with Crippen LogP contribution < -0.4 is 33.2 Å². The smallest absolute Gasteiger partial charge is 0.327 e. The molecule has 4 aliphatic rings. The number of hydrogen-bond donors (Lipinski definition) is 6. The maximum absolute atomic E-state index is 12.5. The highest BCUT2D eigenvalue weighted by Crippen LogP contribution is 2.38. The Morgan fingerprint density at radius 3 is 1.30 bits per heavy atom. The zero-order valence-electron chi connectivity index (χ0n) is 38.4. The first-order chi connectivity index (χ1) is 33.8. The van der Waals surface area contributed by atoms with E-state index in [9.17, 15) is 40.7 Å². The molecular weight excluding hydrogens is 927 g/mol. The highest BCUT2D eigenvalue weighted by molar-refractivity contribution is 6.05. The van der Waals surface area contributed by atoms with Crippen LogP contribution in [0.1, 0.15) is 120 Å². The Morgan fingerprint density at radius 2 is 0.901 bits per heavy atom. The van der Waals surface area contributed by atoms with Crippen molar-refractivity contribution >= 4 is 34.9 Å². The number of carbonyl (C=O) groups excluding carboxylic acids is 3. The fourth-order valence-electron chi connectivity index (χ4n) is 8.60. The molecule has 2 aromatic heterocycles. The van der Waals surface area contributed by atoms with Crippen LogP contribution in [0.5, 0.6) is 0 Å². The van der Waals surface area contributed by atoms with E-state index in [0.29, 0.717) is 40.2 Å². The highest BCUT2D eigenvalue weighted by atomic mass is 19.4. The Morgan fingerprint density at radius 1 is 0.465 bits per heavy atom. The van der Waals surface area contributed by atoms with E-state index in [0.717, 1.165) is 104 Å². The largest absolute Gasteiger partial charge is 0.434 e. The van der Waals surface area contributed by atoms with Crippen LogP contribution in [0.25, 0.3) is 0 Å². The number of halogens is 6. The minimum Gasteiger partial charge on any atom is -0.327 e. The lowest BCUT2D eigenvalue weighted by molar-refractivity contribution is -0.141. The van der Waals surface area contributed by atoms with Gasteiger partial charge in [-0.1, -0.05) is 18.2 Å². The first-order valence-corrected chi connectivity index (χ1v) is 23.3. The summed E-state index contributed by atoms with van der Waals surface area (Å²) in [5.41, 5.74) is 25.5. The quantitative estimate of drug-likeness (QED) is 0.0836. The van der Waals surface area contributed by atoms with Crippen LogP contribution in [0, 0.1) is 0 Å². The summed E-state index contributed by atoms with van der Waals surface area (Å²) in [6, 6.07) is 21.6. The monoisotopic (exact) mass is 978 g/mol. The van der Waals surface area contributed by atoms with Crippen molar-refractivity contribution in [2.45, 2.75) is 107 Å². The molecule has 4 aromatic carbocycles. The highest BCUT2D eigenvalue weighted by Gasteiger charge is 2.33. The minimum absolute atomic E-state index is 0.0345. The number of nitrogens with zero attached hydrogens (tertiary/aromatic N) is 4. The summed E-state index contributed by atoms with van der Waals surface area (Å²) in [6.07, 6.45) is 6.03. The van der Waals surface area contributed by atoms with Crippen LogP contribution in [-0.2, 0) is 50.9 Å². The van der Waals surface area contributed by atoms with Crippen LogP contribution in [0.2, 0.25) is 0 Å². The van der Waals surface area contributed by atoms with Crippen molar-refractivity contribution in [2.75, 3.05) is 16.0 Å². The lowest BCUT2D eigenvalue weighted by Gasteiger charge is -2.21. The molecular formula is C52H52F6N10O3. The molecule has 0 bridgehead atoms. The molecule has 2 heterocycles. The Labute approximate surface area is 405 Å². The minimum atomic E-state index is -4.56. The molecule has 0 aliphatic heterocycles. The molecule has 10 rings (SSSR count). The Balaban J connectivity index is 0.000000143. The number of benzene rings is 4. The molecule has 13 nitrogen and oxygen atoms in total. The maximum atomic E-state index is 12.5. The van der Waals surface area contributed by atoms with Gasteiger partial charge < -0.3 is 33.2 Å². The van der Waals surface area contributed by atoms with Crippen molar-refractivity contribution in [3.8, 4) is 0 Å². The number of carbonyl (C=O) groups is 3. The number of anilines is 3. The van der Waals surface area contributed by atoms with Gasteiger partial charge in [-0.3, -0.25) is 14.4 Å². The molecule has 370 valence electrons. The number of aromatic nitrogens is 4. The Bertz CT molecular complexity index is 2740. The molecule has 0 radical (unpaired) electrons. The number of alkyl halides is 6. The molecule has 0 spiro atoms. The van der Waals surface area contributed by atoms with Crippen molar-refractivity contribution in [1.29, 1.82) is 0 Å². The van der Waals surface area contributed by atoms with Crippen molar-refractivity contribution in [3.05, 3.63) is 171 Å². The summed E-state index contributed by atoms with van der Waals surface area (Å²) in [5.74, 6) is 0.465. The topological polar surface area (TPSA) is 217 Å². The first kappa shape index (κ1) is 50.3. The van der Waals surface area contributed by atoms with Gasteiger partial charge in [0.1, 0.15) is 5.82 Å². The Kier molecular flexibility index (Phi) is 15.2. The zero-order chi connectivity index (χ0) is 50.5. The molecule has 9 N–H and O–H groups in total. The van der Waals surface area contributed by atoms with Gasteiger partial charge in [-0.15, -0.1) is 0 Å². The second kappa shape index (κ2) is 21.5. The molecule has 6 aromatic rings. The lowest BCUT2D eigenvalue weighted by Crippen LogP contribution is -2.28. The average molecular weight is 979 g/mol. The van der Waals surface area contributed by atoms with Crippen LogP contribution >= 0.6 is 0 Å². The predicted octanol–water partition coefficient (Wildman–Crippen LogP) is 8.76. The van der Waals surface area contributed by atoms with E-state index in [1.54, 1.807) is 30.6 Å². The van der Waals surface area contributed by atoms with E-state index >= 15 is 0 Å². The molecule has 1 fully saturated rings. The predicted molar refractivity (Wildman–Crippen MR) is 256 cm³/mol. The fourth-order valence-corrected chi connectivity index (χ4v) is 8.60. The first-order valence-electron chi connectivity index (χ1n) is 23.3. The van der Waals surface area contributed by atoms with Crippen molar-refractivity contribution in [1.82, 2.24) is 19.9 Å². The van der Waals surface area contributed by atoms with Gasteiger partial charge in [0.15, 0.2) is 11.5 Å². The van der Waals surface area contributed by atoms with Crippen LogP contribution in [-0.4, -0.2) is 55.8 Å². The lowest BCUT2D eigenvalue weighted by atomic mass is 9.87. The van der Waals surface area contributed by atoms with Crippen molar-refractivity contribution in [3.63, 3.8) is 0 Å². The molecule has 1 saturated carbocycles. The summed E-state index contributed by atoms with van der Waals surface area (Å²) in [4.78, 5) is 52.4. The van der Waals surface area contributed by atoms with E-state index in [4.69, 9.17) is 17.2 Å². The Hall–Kier alpha value is -7.09. The molecule has 0 saturated heterocycles. The van der Waals surface area contributed by atoms with Crippen molar-refractivity contribution < 1.29 is 40.7 Å². The third-order valence-electron chi connectivity index (χ3n) is 12.7. The zero-order valence-corrected chi connectivity index (χ0v) is 38.4. The number of aryl methyl sites for hydroxylation is 3. The van der Waals surface area contributed by atoms with Gasteiger partial charge in [-0.25, -0.2) is 19.9 Å². The fraction of sp³-hybridized carbons (Fsp3) is 0.327. The van der Waals surface area contributed by atoms with Gasteiger partial charge in [0, 0.05) is 46.4 Å². The number of amides is 3. The van der Waals surface area contributed by atoms with Crippen LogP contribution in [0.4, 0.5) is 43.5 Å². The van der Waals surface area contributed by atoms with Gasteiger partial charge >= 0.3 is 12.4 Å². The average Bonchev–Trinajstić information content (AvgIpc) is 4.20. The van der Waals surface area contributed by atoms with Gasteiger partial charge in [0.25, 0.3) is 17.7 Å². The van der Waals surface area contributed by atoms with Crippen LogP contribution in [0.3, 0.4) is 0 Å². The van der Waals surface area contributed by atoms with E-state index < -0.39 is 29.5 Å². The van der Waals surface area contributed by atoms with Gasteiger partial charge in [0.2, 0.25) is 0 Å². The van der Waals surface area contributed by atoms with E-state index in [1.807, 2.05) is 36.4 Å². The van der Waals surface area contributed by atoms with E-state index in [1.165, 1.54) is 36.1 Å². The SMILES string of the molecule is NC1CCc2cc(C(=O)Nc3ccc(C(F)(F)F)cc3)ccc2C1.NC1CCc2cc(C(=O)Nc3cnc(C(F)(F)F)cn3)ccc2C1.NC1CCc2cc(C(=O)Nc3cnc(C4CC4)nc3)ccc2C1. The molecule has 71 heavy (non-hydrogen) atoms.